The molecule has 0 spiro atoms. The Labute approximate surface area is 210 Å². The van der Waals surface area contributed by atoms with E-state index in [1.807, 2.05) is 62.4 Å². The molecule has 2 N–H and O–H groups in total. The molecule has 0 aliphatic rings. The molecule has 3 aromatic carbocycles. The summed E-state index contributed by atoms with van der Waals surface area (Å²) in [7, 11) is -4.01. The number of amides is 1. The van der Waals surface area contributed by atoms with Crippen LogP contribution in [0.1, 0.15) is 32.6 Å². The highest BCUT2D eigenvalue weighted by Crippen LogP contribution is 2.27. The number of pyridine rings is 1. The summed E-state index contributed by atoms with van der Waals surface area (Å²) in [6.45, 7) is 3.69. The predicted molar refractivity (Wildman–Crippen MR) is 140 cm³/mol. The average molecular weight is 506 g/mol. The van der Waals surface area contributed by atoms with Gasteiger partial charge in [0.1, 0.15) is 4.90 Å². The number of carbonyl (C=O) groups excluding carboxylic acids is 1. The molecule has 0 unspecified atom stereocenters. The molecule has 0 fully saturated rings. The summed E-state index contributed by atoms with van der Waals surface area (Å²) < 4.78 is 28.7. The summed E-state index contributed by atoms with van der Waals surface area (Å²) in [5, 5.41) is 2.83. The maximum Gasteiger partial charge on any atom is 0.263 e. The number of carbonyl (C=O) groups is 1. The summed E-state index contributed by atoms with van der Waals surface area (Å²) in [5.41, 5.74) is 5.16. The normalized spacial score (nSPS) is 11.2. The van der Waals surface area contributed by atoms with Crippen molar-refractivity contribution in [2.75, 3.05) is 10.0 Å². The first kappa shape index (κ1) is 24.4. The number of halogens is 1. The lowest BCUT2D eigenvalue weighted by Gasteiger charge is -2.13. The number of sulfonamides is 1. The lowest BCUT2D eigenvalue weighted by Crippen LogP contribution is -2.17. The molecule has 4 aromatic rings. The zero-order chi connectivity index (χ0) is 25.0. The van der Waals surface area contributed by atoms with Crippen LogP contribution in [0.25, 0.3) is 0 Å². The molecule has 0 saturated heterocycles. The molecule has 178 valence electrons. The standard InChI is InChI=1S/C27H24ClN3O3S/c1-18-3-4-19(2)25(15-18)31-35(33,34)26-17-22(7-10-24(26)28)27(32)30-23-8-5-20(6-9-23)16-21-11-13-29-14-12-21/h3-15,17,31H,16H2,1-2H3,(H,30,32). The maximum atomic E-state index is 13.1. The number of nitrogens with one attached hydrogen (secondary N) is 2. The molecule has 0 saturated carbocycles. The first-order valence-corrected chi connectivity index (χ1v) is 12.8. The number of benzene rings is 3. The van der Waals surface area contributed by atoms with E-state index in [0.717, 1.165) is 28.7 Å². The summed E-state index contributed by atoms with van der Waals surface area (Å²) in [4.78, 5) is 16.7. The largest absolute Gasteiger partial charge is 0.322 e. The molecule has 1 amide bonds. The number of hydrogen-bond acceptors (Lipinski definition) is 4. The Hall–Kier alpha value is -3.68. The molecule has 35 heavy (non-hydrogen) atoms. The van der Waals surface area contributed by atoms with E-state index >= 15 is 0 Å². The third kappa shape index (κ3) is 6.07. The van der Waals surface area contributed by atoms with Crippen molar-refractivity contribution in [3.63, 3.8) is 0 Å². The lowest BCUT2D eigenvalue weighted by molar-refractivity contribution is 0.102. The predicted octanol–water partition coefficient (Wildman–Crippen LogP) is 6.00. The van der Waals surface area contributed by atoms with Crippen molar-refractivity contribution < 1.29 is 13.2 Å². The minimum absolute atomic E-state index is 0.0276. The van der Waals surface area contributed by atoms with Crippen molar-refractivity contribution in [3.05, 3.63) is 118 Å². The highest BCUT2D eigenvalue weighted by molar-refractivity contribution is 7.92. The van der Waals surface area contributed by atoms with Crippen molar-refractivity contribution in [1.29, 1.82) is 0 Å². The van der Waals surface area contributed by atoms with E-state index in [9.17, 15) is 13.2 Å². The quantitative estimate of drug-likeness (QED) is 0.322. The van der Waals surface area contributed by atoms with Crippen LogP contribution in [0, 0.1) is 13.8 Å². The van der Waals surface area contributed by atoms with Crippen LogP contribution in [-0.2, 0) is 16.4 Å². The molecule has 4 rings (SSSR count). The minimum Gasteiger partial charge on any atom is -0.322 e. The average Bonchev–Trinajstić information content (AvgIpc) is 2.83. The molecule has 1 heterocycles. The van der Waals surface area contributed by atoms with E-state index in [-0.39, 0.29) is 15.5 Å². The smallest absolute Gasteiger partial charge is 0.263 e. The van der Waals surface area contributed by atoms with Gasteiger partial charge in [-0.05, 0) is 91.1 Å². The van der Waals surface area contributed by atoms with Crippen molar-refractivity contribution in [1.82, 2.24) is 4.98 Å². The van der Waals surface area contributed by atoms with Crippen molar-refractivity contribution in [3.8, 4) is 0 Å². The van der Waals surface area contributed by atoms with Gasteiger partial charge in [-0.15, -0.1) is 0 Å². The summed E-state index contributed by atoms with van der Waals surface area (Å²) in [5.74, 6) is -0.438. The fourth-order valence-electron chi connectivity index (χ4n) is 3.54. The highest BCUT2D eigenvalue weighted by Gasteiger charge is 2.21. The molecular weight excluding hydrogens is 482 g/mol. The second kappa shape index (κ2) is 10.3. The van der Waals surface area contributed by atoms with Gasteiger partial charge >= 0.3 is 0 Å². The van der Waals surface area contributed by atoms with E-state index in [1.54, 1.807) is 18.5 Å². The van der Waals surface area contributed by atoms with Crippen LogP contribution in [0.2, 0.25) is 5.02 Å². The van der Waals surface area contributed by atoms with Crippen LogP contribution in [-0.4, -0.2) is 19.3 Å². The Morgan fingerprint density at radius 3 is 2.29 bits per heavy atom. The molecule has 0 aliphatic carbocycles. The van der Waals surface area contributed by atoms with Gasteiger partial charge < -0.3 is 5.32 Å². The topological polar surface area (TPSA) is 88.2 Å². The molecule has 8 heteroatoms. The van der Waals surface area contributed by atoms with Gasteiger partial charge in [0.2, 0.25) is 0 Å². The zero-order valence-corrected chi connectivity index (χ0v) is 20.8. The molecule has 0 bridgehead atoms. The Bertz CT molecular complexity index is 1470. The number of rotatable bonds is 7. The van der Waals surface area contributed by atoms with E-state index < -0.39 is 15.9 Å². The van der Waals surface area contributed by atoms with Gasteiger partial charge in [0.15, 0.2) is 0 Å². The Balaban J connectivity index is 1.51. The monoisotopic (exact) mass is 505 g/mol. The number of hydrogen-bond donors (Lipinski definition) is 2. The minimum atomic E-state index is -4.01. The molecule has 6 nitrogen and oxygen atoms in total. The first-order chi connectivity index (χ1) is 16.7. The Morgan fingerprint density at radius 1 is 0.886 bits per heavy atom. The SMILES string of the molecule is Cc1ccc(C)c(NS(=O)(=O)c2cc(C(=O)Nc3ccc(Cc4ccncc4)cc3)ccc2Cl)c1. The van der Waals surface area contributed by atoms with Gasteiger partial charge in [-0.25, -0.2) is 8.42 Å². The summed E-state index contributed by atoms with van der Waals surface area (Å²) in [6, 6.07) is 21.1. The van der Waals surface area contributed by atoms with Crippen LogP contribution >= 0.6 is 11.6 Å². The van der Waals surface area contributed by atoms with Gasteiger partial charge in [-0.2, -0.15) is 0 Å². The molecule has 0 atom stereocenters. The van der Waals surface area contributed by atoms with Gasteiger partial charge in [0, 0.05) is 23.6 Å². The number of anilines is 2. The molecular formula is C27H24ClN3O3S. The van der Waals surface area contributed by atoms with E-state index in [0.29, 0.717) is 11.4 Å². The number of aryl methyl sites for hydroxylation is 2. The molecule has 0 radical (unpaired) electrons. The third-order valence-corrected chi connectivity index (χ3v) is 7.34. The fraction of sp³-hybridized carbons (Fsp3) is 0.111. The highest BCUT2D eigenvalue weighted by atomic mass is 35.5. The van der Waals surface area contributed by atoms with E-state index in [1.165, 1.54) is 18.2 Å². The first-order valence-electron chi connectivity index (χ1n) is 10.9. The number of aromatic nitrogens is 1. The molecule has 0 aliphatic heterocycles. The van der Waals surface area contributed by atoms with Crippen LogP contribution < -0.4 is 10.0 Å². The van der Waals surface area contributed by atoms with Gasteiger partial charge in [-0.1, -0.05) is 35.9 Å². The van der Waals surface area contributed by atoms with E-state index in [4.69, 9.17) is 11.6 Å². The van der Waals surface area contributed by atoms with Crippen LogP contribution in [0.4, 0.5) is 11.4 Å². The maximum absolute atomic E-state index is 13.1. The fourth-order valence-corrected chi connectivity index (χ4v) is 5.19. The van der Waals surface area contributed by atoms with Crippen molar-refractivity contribution >= 4 is 38.9 Å². The second-order valence-electron chi connectivity index (χ2n) is 8.25. The van der Waals surface area contributed by atoms with Gasteiger partial charge in [-0.3, -0.25) is 14.5 Å². The van der Waals surface area contributed by atoms with Crippen LogP contribution in [0.5, 0.6) is 0 Å². The van der Waals surface area contributed by atoms with Gasteiger partial charge in [0.05, 0.1) is 10.7 Å². The Kier molecular flexibility index (Phi) is 7.19. The Morgan fingerprint density at radius 2 is 1.57 bits per heavy atom. The van der Waals surface area contributed by atoms with Crippen LogP contribution in [0.3, 0.4) is 0 Å². The molecule has 1 aromatic heterocycles. The number of nitrogens with zero attached hydrogens (tertiary/aromatic N) is 1. The van der Waals surface area contributed by atoms with E-state index in [2.05, 4.69) is 15.0 Å². The summed E-state index contributed by atoms with van der Waals surface area (Å²) in [6.07, 6.45) is 4.26. The lowest BCUT2D eigenvalue weighted by atomic mass is 10.1. The zero-order valence-electron chi connectivity index (χ0n) is 19.2. The van der Waals surface area contributed by atoms with Crippen LogP contribution in [0.15, 0.2) is 90.1 Å². The second-order valence-corrected chi connectivity index (χ2v) is 10.3. The van der Waals surface area contributed by atoms with Crippen molar-refractivity contribution in [2.45, 2.75) is 25.2 Å². The summed E-state index contributed by atoms with van der Waals surface area (Å²) >= 11 is 6.21. The van der Waals surface area contributed by atoms with Crippen molar-refractivity contribution in [2.24, 2.45) is 0 Å². The third-order valence-electron chi connectivity index (χ3n) is 5.49. The van der Waals surface area contributed by atoms with Gasteiger partial charge in [0.25, 0.3) is 15.9 Å².